The predicted molar refractivity (Wildman–Crippen MR) is 70.7 cm³/mol. The highest BCUT2D eigenvalue weighted by molar-refractivity contribution is 7.99. The van der Waals surface area contributed by atoms with Crippen LogP contribution in [0.4, 0.5) is 0 Å². The number of hydrogen-bond acceptors (Lipinski definition) is 6. The molecule has 1 rings (SSSR count). The summed E-state index contributed by atoms with van der Waals surface area (Å²) < 4.78 is 10.3. The largest absolute Gasteiger partial charge is 0.465 e. The Morgan fingerprint density at radius 1 is 1.61 bits per heavy atom. The highest BCUT2D eigenvalue weighted by atomic mass is 32.2. The first-order valence-corrected chi connectivity index (χ1v) is 7.10. The maximum atomic E-state index is 11.7. The van der Waals surface area contributed by atoms with Crippen LogP contribution in [-0.4, -0.2) is 35.9 Å². The molecular weight excluding hydrogens is 252 g/mol. The van der Waals surface area contributed by atoms with E-state index in [0.29, 0.717) is 17.6 Å². The highest BCUT2D eigenvalue weighted by Gasteiger charge is 2.20. The molecule has 1 unspecified atom stereocenters. The lowest BCUT2D eigenvalue weighted by Gasteiger charge is -2.15. The van der Waals surface area contributed by atoms with Crippen molar-refractivity contribution in [2.75, 3.05) is 18.9 Å². The fourth-order valence-corrected chi connectivity index (χ4v) is 2.21. The quantitative estimate of drug-likeness (QED) is 0.577. The number of oxazole rings is 1. The van der Waals surface area contributed by atoms with Gasteiger partial charge in [-0.2, -0.15) is 0 Å². The van der Waals surface area contributed by atoms with Crippen molar-refractivity contribution in [2.45, 2.75) is 38.5 Å². The number of thioether (sulfide) groups is 1. The number of carbonyl (C=O) groups excluding carboxylic acids is 1. The number of nitrogens with zero attached hydrogens (tertiary/aromatic N) is 1. The number of rotatable bonds is 8. The Hall–Kier alpha value is -1.01. The first kappa shape index (κ1) is 15.0. The Morgan fingerprint density at radius 2 is 2.39 bits per heavy atom. The number of carbonyl (C=O) groups is 1. The minimum atomic E-state index is -0.317. The van der Waals surface area contributed by atoms with Crippen LogP contribution in [0.25, 0.3) is 0 Å². The van der Waals surface area contributed by atoms with Crippen molar-refractivity contribution in [1.29, 1.82) is 0 Å². The van der Waals surface area contributed by atoms with Crippen molar-refractivity contribution in [3.05, 3.63) is 12.0 Å². The lowest BCUT2D eigenvalue weighted by molar-refractivity contribution is -0.144. The van der Waals surface area contributed by atoms with E-state index >= 15 is 0 Å². The summed E-state index contributed by atoms with van der Waals surface area (Å²) in [4.78, 5) is 15.9. The smallest absolute Gasteiger partial charge is 0.323 e. The molecule has 0 saturated carbocycles. The van der Waals surface area contributed by atoms with Gasteiger partial charge >= 0.3 is 5.97 Å². The number of aryl methyl sites for hydroxylation is 1. The zero-order chi connectivity index (χ0) is 13.4. The topological polar surface area (TPSA) is 64.4 Å². The van der Waals surface area contributed by atoms with Crippen molar-refractivity contribution in [1.82, 2.24) is 10.3 Å². The van der Waals surface area contributed by atoms with Gasteiger partial charge in [0, 0.05) is 5.75 Å². The maximum absolute atomic E-state index is 11.7. The van der Waals surface area contributed by atoms with Crippen LogP contribution in [0.5, 0.6) is 0 Å². The fourth-order valence-electron chi connectivity index (χ4n) is 1.33. The number of ether oxygens (including phenoxy) is 1. The van der Waals surface area contributed by atoms with E-state index in [1.807, 2.05) is 6.92 Å². The zero-order valence-electron chi connectivity index (χ0n) is 11.1. The minimum absolute atomic E-state index is 0.221. The van der Waals surface area contributed by atoms with E-state index in [0.717, 1.165) is 18.7 Å². The van der Waals surface area contributed by atoms with E-state index in [4.69, 9.17) is 9.15 Å². The zero-order valence-corrected chi connectivity index (χ0v) is 11.9. The summed E-state index contributed by atoms with van der Waals surface area (Å²) in [6.07, 6.45) is 2.57. The number of hydrogen-bond donors (Lipinski definition) is 1. The molecule has 102 valence electrons. The summed E-state index contributed by atoms with van der Waals surface area (Å²) in [7, 11) is 0. The first-order valence-electron chi connectivity index (χ1n) is 6.12. The van der Waals surface area contributed by atoms with E-state index in [1.54, 1.807) is 13.2 Å². The van der Waals surface area contributed by atoms with Crippen LogP contribution in [0.3, 0.4) is 0 Å². The van der Waals surface area contributed by atoms with Gasteiger partial charge in [0.1, 0.15) is 12.3 Å². The van der Waals surface area contributed by atoms with Crippen molar-refractivity contribution < 1.29 is 13.9 Å². The molecule has 0 fully saturated rings. The third kappa shape index (κ3) is 5.10. The fraction of sp³-hybridized carbons (Fsp3) is 0.667. The highest BCUT2D eigenvalue weighted by Crippen LogP contribution is 2.18. The molecule has 1 heterocycles. The standard InChI is InChI=1S/C12H20N2O3S/c1-4-6-13-10(11(15)16-5-2)8-18-12-14-9(3)7-17-12/h7,10,13H,4-6,8H2,1-3H3. The summed E-state index contributed by atoms with van der Waals surface area (Å²) >= 11 is 1.41. The van der Waals surface area contributed by atoms with Gasteiger partial charge in [-0.1, -0.05) is 18.7 Å². The third-order valence-electron chi connectivity index (χ3n) is 2.18. The normalized spacial score (nSPS) is 12.4. The Morgan fingerprint density at radius 3 is 2.94 bits per heavy atom. The molecule has 0 aromatic carbocycles. The van der Waals surface area contributed by atoms with Crippen molar-refractivity contribution in [2.24, 2.45) is 0 Å². The van der Waals surface area contributed by atoms with Crippen LogP contribution < -0.4 is 5.32 Å². The second-order valence-corrected chi connectivity index (χ2v) is 4.80. The monoisotopic (exact) mass is 272 g/mol. The summed E-state index contributed by atoms with van der Waals surface area (Å²) in [6.45, 7) is 6.91. The van der Waals surface area contributed by atoms with E-state index < -0.39 is 0 Å². The molecule has 0 radical (unpaired) electrons. The maximum Gasteiger partial charge on any atom is 0.323 e. The van der Waals surface area contributed by atoms with Gasteiger partial charge in [0.25, 0.3) is 5.22 Å². The van der Waals surface area contributed by atoms with Gasteiger partial charge in [0.05, 0.1) is 12.3 Å². The molecule has 18 heavy (non-hydrogen) atoms. The molecule has 6 heteroatoms. The Bertz CT molecular complexity index is 368. The van der Waals surface area contributed by atoms with Gasteiger partial charge in [-0.05, 0) is 26.8 Å². The summed E-state index contributed by atoms with van der Waals surface area (Å²) in [5.74, 6) is 0.334. The molecular formula is C12H20N2O3S. The van der Waals surface area contributed by atoms with Crippen LogP contribution in [0.15, 0.2) is 15.9 Å². The molecule has 5 nitrogen and oxygen atoms in total. The molecule has 0 spiro atoms. The number of aromatic nitrogens is 1. The molecule has 1 N–H and O–H groups in total. The van der Waals surface area contributed by atoms with E-state index in [2.05, 4.69) is 17.2 Å². The molecule has 1 aromatic heterocycles. The molecule has 0 bridgehead atoms. The van der Waals surface area contributed by atoms with Gasteiger partial charge in [0.2, 0.25) is 0 Å². The van der Waals surface area contributed by atoms with E-state index in [-0.39, 0.29) is 12.0 Å². The molecule has 0 amide bonds. The van der Waals surface area contributed by atoms with E-state index in [9.17, 15) is 4.79 Å². The third-order valence-corrected chi connectivity index (χ3v) is 3.12. The van der Waals surface area contributed by atoms with Crippen molar-refractivity contribution >= 4 is 17.7 Å². The van der Waals surface area contributed by atoms with Gasteiger partial charge in [-0.3, -0.25) is 4.79 Å². The molecule has 0 aliphatic heterocycles. The van der Waals surface area contributed by atoms with Gasteiger partial charge in [0.15, 0.2) is 0 Å². The number of nitrogens with one attached hydrogen (secondary N) is 1. The molecule has 0 aliphatic rings. The van der Waals surface area contributed by atoms with Gasteiger partial charge in [-0.25, -0.2) is 4.98 Å². The molecule has 1 atom stereocenters. The predicted octanol–water partition coefficient (Wildman–Crippen LogP) is 2.01. The van der Waals surface area contributed by atoms with Crippen LogP contribution >= 0.6 is 11.8 Å². The Labute approximate surface area is 112 Å². The Kier molecular flexibility index (Phi) is 6.82. The summed E-state index contributed by atoms with van der Waals surface area (Å²) in [6, 6.07) is -0.317. The average molecular weight is 272 g/mol. The molecule has 0 aliphatic carbocycles. The second-order valence-electron chi connectivity index (χ2n) is 3.82. The molecule has 1 aromatic rings. The van der Waals surface area contributed by atoms with Gasteiger partial charge < -0.3 is 14.5 Å². The number of esters is 1. The van der Waals surface area contributed by atoms with Crippen molar-refractivity contribution in [3.8, 4) is 0 Å². The molecule has 0 saturated heterocycles. The van der Waals surface area contributed by atoms with Gasteiger partial charge in [-0.15, -0.1) is 0 Å². The van der Waals surface area contributed by atoms with Crippen LogP contribution in [0.1, 0.15) is 26.0 Å². The lowest BCUT2D eigenvalue weighted by atomic mass is 10.3. The lowest BCUT2D eigenvalue weighted by Crippen LogP contribution is -2.40. The Balaban J connectivity index is 2.46. The first-order chi connectivity index (χ1) is 8.67. The minimum Gasteiger partial charge on any atom is -0.465 e. The van der Waals surface area contributed by atoms with Crippen LogP contribution in [-0.2, 0) is 9.53 Å². The average Bonchev–Trinajstić information content (AvgIpc) is 2.75. The summed E-state index contributed by atoms with van der Waals surface area (Å²) in [5, 5.41) is 3.75. The SMILES string of the molecule is CCCNC(CSc1nc(C)co1)C(=O)OCC. The van der Waals surface area contributed by atoms with Crippen LogP contribution in [0.2, 0.25) is 0 Å². The van der Waals surface area contributed by atoms with Crippen LogP contribution in [0, 0.1) is 6.92 Å². The summed E-state index contributed by atoms with van der Waals surface area (Å²) in [5.41, 5.74) is 0.840. The van der Waals surface area contributed by atoms with E-state index in [1.165, 1.54) is 11.8 Å². The van der Waals surface area contributed by atoms with Crippen molar-refractivity contribution in [3.63, 3.8) is 0 Å². The second kappa shape index (κ2) is 8.16.